The Kier molecular flexibility index (Phi) is 2.78. The zero-order valence-corrected chi connectivity index (χ0v) is 9.22. The Morgan fingerprint density at radius 2 is 1.88 bits per heavy atom. The van der Waals surface area contributed by atoms with Crippen molar-refractivity contribution < 1.29 is 13.6 Å². The molecule has 86 valence electrons. The van der Waals surface area contributed by atoms with E-state index < -0.39 is 17.0 Å². The Bertz CT molecular complexity index is 420. The van der Waals surface area contributed by atoms with Crippen molar-refractivity contribution in [2.45, 2.75) is 38.0 Å². The predicted molar refractivity (Wildman–Crippen MR) is 57.2 cm³/mol. The van der Waals surface area contributed by atoms with Gasteiger partial charge in [0.1, 0.15) is 17.4 Å². The number of halogens is 2. The minimum atomic E-state index is -0.786. The molecule has 1 aromatic rings. The van der Waals surface area contributed by atoms with Crippen LogP contribution in [0.2, 0.25) is 0 Å². The maximum absolute atomic E-state index is 13.7. The molecule has 1 aromatic carbocycles. The van der Waals surface area contributed by atoms with E-state index in [2.05, 4.69) is 0 Å². The van der Waals surface area contributed by atoms with Gasteiger partial charge in [0, 0.05) is 5.56 Å². The van der Waals surface area contributed by atoms with Crippen molar-refractivity contribution in [3.8, 4) is 0 Å². The predicted octanol–water partition coefficient (Wildman–Crippen LogP) is 3.37. The highest BCUT2D eigenvalue weighted by Gasteiger charge is 2.41. The molecule has 0 radical (unpaired) electrons. The molecule has 0 saturated heterocycles. The third-order valence-corrected chi connectivity index (χ3v) is 3.58. The molecular weight excluding hydrogens is 210 g/mol. The molecule has 1 saturated carbocycles. The lowest BCUT2D eigenvalue weighted by Gasteiger charge is -2.26. The summed E-state index contributed by atoms with van der Waals surface area (Å²) in [5.41, 5.74) is -0.552. The van der Waals surface area contributed by atoms with Crippen LogP contribution in [0.3, 0.4) is 0 Å². The molecule has 2 rings (SSSR count). The molecule has 0 amide bonds. The molecule has 0 N–H and O–H groups in total. The van der Waals surface area contributed by atoms with Crippen molar-refractivity contribution in [3.63, 3.8) is 0 Å². The van der Waals surface area contributed by atoms with Gasteiger partial charge in [0.25, 0.3) is 0 Å². The average Bonchev–Trinajstić information content (AvgIpc) is 2.71. The minimum Gasteiger partial charge on any atom is -0.299 e. The Hall–Kier alpha value is -1.25. The third kappa shape index (κ3) is 1.64. The summed E-state index contributed by atoms with van der Waals surface area (Å²) in [6, 6.07) is 3.36. The van der Waals surface area contributed by atoms with Crippen LogP contribution in [0.1, 0.15) is 38.2 Å². The van der Waals surface area contributed by atoms with Crippen LogP contribution in [0, 0.1) is 11.6 Å². The van der Waals surface area contributed by atoms with Crippen LogP contribution >= 0.6 is 0 Å². The molecule has 0 aliphatic heterocycles. The lowest BCUT2D eigenvalue weighted by molar-refractivity contribution is -0.122. The van der Waals surface area contributed by atoms with Gasteiger partial charge in [0.05, 0.1) is 5.41 Å². The highest BCUT2D eigenvalue weighted by Crippen LogP contribution is 2.43. The van der Waals surface area contributed by atoms with Crippen LogP contribution in [-0.4, -0.2) is 5.78 Å². The van der Waals surface area contributed by atoms with Gasteiger partial charge < -0.3 is 0 Å². The Morgan fingerprint density at radius 3 is 2.44 bits per heavy atom. The largest absolute Gasteiger partial charge is 0.299 e. The zero-order valence-electron chi connectivity index (χ0n) is 9.22. The summed E-state index contributed by atoms with van der Waals surface area (Å²) in [4.78, 5) is 11.7. The molecule has 0 spiro atoms. The standard InChI is InChI=1S/C13H14F2O/c1-9(16)13(6-2-3-7-13)11-8-10(14)4-5-12(11)15/h4-5,8H,2-3,6-7H2,1H3. The van der Waals surface area contributed by atoms with E-state index >= 15 is 0 Å². The lowest BCUT2D eigenvalue weighted by atomic mass is 9.75. The smallest absolute Gasteiger partial charge is 0.140 e. The van der Waals surface area contributed by atoms with Crippen LogP contribution in [-0.2, 0) is 10.2 Å². The van der Waals surface area contributed by atoms with E-state index in [0.717, 1.165) is 25.0 Å². The van der Waals surface area contributed by atoms with Crippen LogP contribution in [0.4, 0.5) is 8.78 Å². The van der Waals surface area contributed by atoms with Gasteiger partial charge in [0.15, 0.2) is 0 Å². The first kappa shape index (κ1) is 11.2. The fourth-order valence-corrected chi connectivity index (χ4v) is 2.65. The monoisotopic (exact) mass is 224 g/mol. The quantitative estimate of drug-likeness (QED) is 0.752. The molecule has 1 fully saturated rings. The number of carbonyl (C=O) groups excluding carboxylic acids is 1. The van der Waals surface area contributed by atoms with Crippen LogP contribution in [0.5, 0.6) is 0 Å². The first-order valence-electron chi connectivity index (χ1n) is 5.53. The Morgan fingerprint density at radius 1 is 1.25 bits per heavy atom. The van der Waals surface area contributed by atoms with Gasteiger partial charge in [-0.1, -0.05) is 12.8 Å². The van der Waals surface area contributed by atoms with E-state index in [-0.39, 0.29) is 11.3 Å². The molecule has 1 aliphatic carbocycles. The van der Waals surface area contributed by atoms with E-state index in [1.807, 2.05) is 0 Å². The van der Waals surface area contributed by atoms with Crippen LogP contribution in [0.25, 0.3) is 0 Å². The van der Waals surface area contributed by atoms with E-state index in [0.29, 0.717) is 12.8 Å². The normalized spacial score (nSPS) is 18.7. The van der Waals surface area contributed by atoms with Gasteiger partial charge in [-0.25, -0.2) is 8.78 Å². The van der Waals surface area contributed by atoms with Crippen molar-refractivity contribution in [2.75, 3.05) is 0 Å². The van der Waals surface area contributed by atoms with Crippen LogP contribution < -0.4 is 0 Å². The number of benzene rings is 1. The number of ketones is 1. The zero-order chi connectivity index (χ0) is 11.8. The maximum atomic E-state index is 13.7. The number of rotatable bonds is 2. The molecule has 0 aromatic heterocycles. The first-order chi connectivity index (χ1) is 7.56. The lowest BCUT2D eigenvalue weighted by Crippen LogP contribution is -2.32. The van der Waals surface area contributed by atoms with Crippen molar-refractivity contribution in [3.05, 3.63) is 35.4 Å². The minimum absolute atomic E-state index is 0.0606. The van der Waals surface area contributed by atoms with Gasteiger partial charge in [-0.2, -0.15) is 0 Å². The second kappa shape index (κ2) is 3.96. The van der Waals surface area contributed by atoms with Crippen molar-refractivity contribution in [2.24, 2.45) is 0 Å². The van der Waals surface area contributed by atoms with Crippen LogP contribution in [0.15, 0.2) is 18.2 Å². The van der Waals surface area contributed by atoms with Gasteiger partial charge >= 0.3 is 0 Å². The summed E-state index contributed by atoms with van der Waals surface area (Å²) in [6.45, 7) is 1.47. The van der Waals surface area contributed by atoms with Crippen molar-refractivity contribution in [1.82, 2.24) is 0 Å². The summed E-state index contributed by atoms with van der Waals surface area (Å²) in [7, 11) is 0. The number of Topliss-reactive ketones (excluding diaryl/α,β-unsaturated/α-hetero) is 1. The summed E-state index contributed by atoms with van der Waals surface area (Å²) >= 11 is 0. The van der Waals surface area contributed by atoms with E-state index in [1.165, 1.54) is 13.0 Å². The number of hydrogen-bond acceptors (Lipinski definition) is 1. The van der Waals surface area contributed by atoms with Crippen molar-refractivity contribution in [1.29, 1.82) is 0 Å². The SMILES string of the molecule is CC(=O)C1(c2cc(F)ccc2F)CCCC1. The van der Waals surface area contributed by atoms with E-state index in [9.17, 15) is 13.6 Å². The van der Waals surface area contributed by atoms with Gasteiger partial charge in [-0.15, -0.1) is 0 Å². The van der Waals surface area contributed by atoms with Gasteiger partial charge in [-0.3, -0.25) is 4.79 Å². The highest BCUT2D eigenvalue weighted by molar-refractivity contribution is 5.88. The first-order valence-corrected chi connectivity index (χ1v) is 5.53. The third-order valence-electron chi connectivity index (χ3n) is 3.58. The molecule has 0 heterocycles. The Balaban J connectivity index is 2.55. The Labute approximate surface area is 93.5 Å². The second-order valence-electron chi connectivity index (χ2n) is 4.47. The molecule has 16 heavy (non-hydrogen) atoms. The number of hydrogen-bond donors (Lipinski definition) is 0. The molecule has 1 nitrogen and oxygen atoms in total. The second-order valence-corrected chi connectivity index (χ2v) is 4.47. The molecular formula is C13H14F2O. The average molecular weight is 224 g/mol. The van der Waals surface area contributed by atoms with Gasteiger partial charge in [0.2, 0.25) is 0 Å². The van der Waals surface area contributed by atoms with Gasteiger partial charge in [-0.05, 0) is 38.0 Å². The fourth-order valence-electron chi connectivity index (χ4n) is 2.65. The topological polar surface area (TPSA) is 17.1 Å². The van der Waals surface area contributed by atoms with Crippen molar-refractivity contribution >= 4 is 5.78 Å². The molecule has 0 atom stereocenters. The molecule has 3 heteroatoms. The van der Waals surface area contributed by atoms with E-state index in [1.54, 1.807) is 0 Å². The molecule has 0 unspecified atom stereocenters. The summed E-state index contributed by atoms with van der Waals surface area (Å²) in [5, 5.41) is 0. The van der Waals surface area contributed by atoms with E-state index in [4.69, 9.17) is 0 Å². The summed E-state index contributed by atoms with van der Waals surface area (Å²) < 4.78 is 26.9. The maximum Gasteiger partial charge on any atom is 0.140 e. The summed E-state index contributed by atoms with van der Waals surface area (Å²) in [6.07, 6.45) is 3.05. The summed E-state index contributed by atoms with van der Waals surface area (Å²) in [5.74, 6) is -1.02. The molecule has 0 bridgehead atoms. The fraction of sp³-hybridized carbons (Fsp3) is 0.462. The number of carbonyl (C=O) groups is 1. The molecule has 1 aliphatic rings. The highest BCUT2D eigenvalue weighted by atomic mass is 19.1.